The van der Waals surface area contributed by atoms with Gasteiger partial charge in [-0.3, -0.25) is 9.78 Å². The Hall–Kier alpha value is -1.88. The first-order valence-corrected chi connectivity index (χ1v) is 5.14. The average molecular weight is 219 g/mol. The average Bonchev–Trinajstić information content (AvgIpc) is 2.69. The van der Waals surface area contributed by atoms with Crippen LogP contribution >= 0.6 is 11.3 Å². The van der Waals surface area contributed by atoms with Crippen LogP contribution in [0, 0.1) is 0 Å². The van der Waals surface area contributed by atoms with E-state index >= 15 is 0 Å². The fourth-order valence-electron chi connectivity index (χ4n) is 1.25. The van der Waals surface area contributed by atoms with E-state index in [0.717, 1.165) is 0 Å². The predicted octanol–water partition coefficient (Wildman–Crippen LogP) is 1.54. The van der Waals surface area contributed by atoms with Gasteiger partial charge in [-0.15, -0.1) is 11.3 Å². The molecule has 0 aliphatic heterocycles. The van der Waals surface area contributed by atoms with Gasteiger partial charge in [0.25, 0.3) is 0 Å². The molecule has 0 saturated carbocycles. The highest BCUT2D eigenvalue weighted by molar-refractivity contribution is 7.11. The number of anilines is 2. The molecule has 0 radical (unpaired) electrons. The van der Waals surface area contributed by atoms with Crippen molar-refractivity contribution in [3.05, 3.63) is 40.3 Å². The molecule has 4 nitrogen and oxygen atoms in total. The van der Waals surface area contributed by atoms with Gasteiger partial charge in [0.05, 0.1) is 10.4 Å². The molecular weight excluding hydrogens is 210 g/mol. The molecule has 4 N–H and O–H groups in total. The number of nitrogens with two attached hydrogens (primary N) is 2. The summed E-state index contributed by atoms with van der Waals surface area (Å²) in [6.07, 6.45) is 1.53. The second-order valence-corrected chi connectivity index (χ2v) is 3.93. The van der Waals surface area contributed by atoms with Gasteiger partial charge in [-0.05, 0) is 18.2 Å². The van der Waals surface area contributed by atoms with Gasteiger partial charge in [0.1, 0.15) is 0 Å². The lowest BCUT2D eigenvalue weighted by Crippen LogP contribution is -2.04. The van der Waals surface area contributed by atoms with E-state index < -0.39 is 0 Å². The van der Waals surface area contributed by atoms with Gasteiger partial charge in [0.2, 0.25) is 5.78 Å². The smallest absolute Gasteiger partial charge is 0.206 e. The van der Waals surface area contributed by atoms with Gasteiger partial charge in [-0.25, -0.2) is 0 Å². The van der Waals surface area contributed by atoms with Gasteiger partial charge >= 0.3 is 0 Å². The second kappa shape index (κ2) is 3.70. The van der Waals surface area contributed by atoms with Gasteiger partial charge in [0.15, 0.2) is 0 Å². The Morgan fingerprint density at radius 2 is 2.13 bits per heavy atom. The summed E-state index contributed by atoms with van der Waals surface area (Å²) in [5.41, 5.74) is 14.3. The summed E-state index contributed by atoms with van der Waals surface area (Å²) in [5, 5.41) is 0. The van der Waals surface area contributed by atoms with Crippen molar-refractivity contribution in [2.75, 3.05) is 11.5 Å². The predicted molar refractivity (Wildman–Crippen MR) is 60.8 cm³/mol. The molecule has 1 aromatic carbocycles. The van der Waals surface area contributed by atoms with Crippen molar-refractivity contribution in [3.63, 3.8) is 0 Å². The van der Waals surface area contributed by atoms with Crippen LogP contribution in [-0.4, -0.2) is 10.8 Å². The standard InChI is InChI=1S/C10H9N3OS/c11-6-1-2-7(8(12)3-6)10(14)9-4-13-5-15-9/h1-5H,11-12H2. The molecule has 0 unspecified atom stereocenters. The maximum Gasteiger partial charge on any atom is 0.206 e. The highest BCUT2D eigenvalue weighted by Crippen LogP contribution is 2.20. The Labute approximate surface area is 90.6 Å². The lowest BCUT2D eigenvalue weighted by Gasteiger charge is -2.03. The molecule has 5 heteroatoms. The summed E-state index contributed by atoms with van der Waals surface area (Å²) in [6.45, 7) is 0. The highest BCUT2D eigenvalue weighted by Gasteiger charge is 2.13. The van der Waals surface area contributed by atoms with Crippen LogP contribution in [-0.2, 0) is 0 Å². The number of aromatic nitrogens is 1. The Balaban J connectivity index is 2.42. The van der Waals surface area contributed by atoms with E-state index in [2.05, 4.69) is 4.98 Å². The minimum absolute atomic E-state index is 0.116. The molecule has 0 bridgehead atoms. The van der Waals surface area contributed by atoms with E-state index in [1.54, 1.807) is 23.7 Å². The summed E-state index contributed by atoms with van der Waals surface area (Å²) in [7, 11) is 0. The molecule has 1 heterocycles. The molecule has 0 spiro atoms. The van der Waals surface area contributed by atoms with Crippen LogP contribution in [0.3, 0.4) is 0 Å². The van der Waals surface area contributed by atoms with Crippen LogP contribution in [0.4, 0.5) is 11.4 Å². The van der Waals surface area contributed by atoms with E-state index in [-0.39, 0.29) is 5.78 Å². The SMILES string of the molecule is Nc1ccc(C(=O)c2cncs2)c(N)c1. The molecule has 0 aliphatic rings. The molecule has 2 rings (SSSR count). The summed E-state index contributed by atoms with van der Waals surface area (Å²) in [5.74, 6) is -0.116. The van der Waals surface area contributed by atoms with Gasteiger partial charge in [-0.1, -0.05) is 0 Å². The first kappa shape index (κ1) is 9.67. The van der Waals surface area contributed by atoms with Crippen molar-refractivity contribution in [1.82, 2.24) is 4.98 Å². The van der Waals surface area contributed by atoms with Crippen LogP contribution < -0.4 is 11.5 Å². The lowest BCUT2D eigenvalue weighted by atomic mass is 10.1. The zero-order chi connectivity index (χ0) is 10.8. The third kappa shape index (κ3) is 1.82. The third-order valence-corrected chi connectivity index (χ3v) is 2.75. The highest BCUT2D eigenvalue weighted by atomic mass is 32.1. The van der Waals surface area contributed by atoms with Gasteiger partial charge in [0, 0.05) is 23.1 Å². The first-order chi connectivity index (χ1) is 7.18. The van der Waals surface area contributed by atoms with Crippen LogP contribution in [0.2, 0.25) is 0 Å². The number of hydrogen-bond acceptors (Lipinski definition) is 5. The largest absolute Gasteiger partial charge is 0.399 e. The molecule has 0 atom stereocenters. The Kier molecular flexibility index (Phi) is 2.39. The molecule has 15 heavy (non-hydrogen) atoms. The Bertz CT molecular complexity index is 493. The van der Waals surface area contributed by atoms with Crippen LogP contribution in [0.15, 0.2) is 29.9 Å². The quantitative estimate of drug-likeness (QED) is 0.593. The summed E-state index contributed by atoms with van der Waals surface area (Å²) >= 11 is 1.29. The van der Waals surface area contributed by atoms with Crippen molar-refractivity contribution in [2.24, 2.45) is 0 Å². The number of benzene rings is 1. The molecule has 0 aliphatic carbocycles. The number of thiazole rings is 1. The summed E-state index contributed by atoms with van der Waals surface area (Å²) in [4.78, 5) is 16.3. The minimum Gasteiger partial charge on any atom is -0.399 e. The monoisotopic (exact) mass is 219 g/mol. The normalized spacial score (nSPS) is 10.1. The summed E-state index contributed by atoms with van der Waals surface area (Å²) in [6, 6.07) is 4.87. The molecule has 0 amide bonds. The first-order valence-electron chi connectivity index (χ1n) is 4.26. The van der Waals surface area contributed by atoms with Gasteiger partial charge < -0.3 is 11.5 Å². The molecular formula is C10H9N3OS. The fourth-order valence-corrected chi connectivity index (χ4v) is 1.82. The zero-order valence-corrected chi connectivity index (χ0v) is 8.62. The minimum atomic E-state index is -0.116. The number of rotatable bonds is 2. The number of nitrogen functional groups attached to an aromatic ring is 2. The lowest BCUT2D eigenvalue weighted by molar-refractivity contribution is 0.104. The van der Waals surface area contributed by atoms with Crippen molar-refractivity contribution < 1.29 is 4.79 Å². The fraction of sp³-hybridized carbons (Fsp3) is 0. The Morgan fingerprint density at radius 3 is 2.73 bits per heavy atom. The molecule has 2 aromatic rings. The maximum atomic E-state index is 11.9. The number of nitrogens with zero attached hydrogens (tertiary/aromatic N) is 1. The maximum absolute atomic E-state index is 11.9. The van der Waals surface area contributed by atoms with Crippen LogP contribution in [0.5, 0.6) is 0 Å². The summed E-state index contributed by atoms with van der Waals surface area (Å²) < 4.78 is 0. The van der Waals surface area contributed by atoms with Crippen molar-refractivity contribution in [2.45, 2.75) is 0 Å². The van der Waals surface area contributed by atoms with Crippen molar-refractivity contribution in [3.8, 4) is 0 Å². The number of ketones is 1. The number of carbonyl (C=O) groups excluding carboxylic acids is 1. The van der Waals surface area contributed by atoms with Crippen LogP contribution in [0.1, 0.15) is 15.2 Å². The van der Waals surface area contributed by atoms with Crippen LogP contribution in [0.25, 0.3) is 0 Å². The van der Waals surface area contributed by atoms with E-state index in [4.69, 9.17) is 11.5 Å². The van der Waals surface area contributed by atoms with E-state index in [1.165, 1.54) is 17.5 Å². The molecule has 76 valence electrons. The molecule has 1 aromatic heterocycles. The van der Waals surface area contributed by atoms with Gasteiger partial charge in [-0.2, -0.15) is 0 Å². The zero-order valence-electron chi connectivity index (χ0n) is 7.81. The molecule has 0 saturated heterocycles. The topological polar surface area (TPSA) is 82.0 Å². The third-order valence-electron chi connectivity index (χ3n) is 1.98. The number of hydrogen-bond donors (Lipinski definition) is 2. The van der Waals surface area contributed by atoms with Crippen molar-refractivity contribution >= 4 is 28.5 Å². The molecule has 0 fully saturated rings. The van der Waals surface area contributed by atoms with E-state index in [0.29, 0.717) is 21.8 Å². The second-order valence-electron chi connectivity index (χ2n) is 3.04. The van der Waals surface area contributed by atoms with Crippen molar-refractivity contribution in [1.29, 1.82) is 0 Å². The van der Waals surface area contributed by atoms with E-state index in [9.17, 15) is 4.79 Å². The Morgan fingerprint density at radius 1 is 1.33 bits per heavy atom. The van der Waals surface area contributed by atoms with E-state index in [1.807, 2.05) is 0 Å². The number of carbonyl (C=O) groups is 1.